The van der Waals surface area contributed by atoms with E-state index in [1.807, 2.05) is 6.92 Å². The summed E-state index contributed by atoms with van der Waals surface area (Å²) in [6, 6.07) is 19.8. The minimum Gasteiger partial charge on any atom is -0.465 e. The number of piperidine rings is 1. The molecule has 5 rings (SSSR count). The molecule has 0 spiro atoms. The largest absolute Gasteiger partial charge is 0.465 e. The normalized spacial score (nSPS) is 18.2. The Bertz CT molecular complexity index is 1130. The zero-order chi connectivity index (χ0) is 19.1. The Morgan fingerprint density at radius 3 is 2.46 bits per heavy atom. The number of carbonyl (C=O) groups is 1. The second-order valence-corrected chi connectivity index (χ2v) is 7.81. The number of nitrogens with zero attached hydrogens (tertiary/aromatic N) is 1. The fourth-order valence-corrected chi connectivity index (χ4v) is 4.84. The van der Waals surface area contributed by atoms with Gasteiger partial charge in [0.05, 0.1) is 6.61 Å². The molecule has 28 heavy (non-hydrogen) atoms. The SMILES string of the molecule is CCOC(=O)[C@@H]1CCCCN1Cc1ccc2ccc3cccc4ccc1c2c34. The number of hydrogen-bond donors (Lipinski definition) is 0. The van der Waals surface area contributed by atoms with Crippen molar-refractivity contribution in [3.63, 3.8) is 0 Å². The Hall–Kier alpha value is -2.65. The van der Waals surface area contributed by atoms with Crippen molar-refractivity contribution >= 4 is 38.3 Å². The molecule has 1 fully saturated rings. The van der Waals surface area contributed by atoms with Crippen LogP contribution in [0.5, 0.6) is 0 Å². The second-order valence-electron chi connectivity index (χ2n) is 7.81. The lowest BCUT2D eigenvalue weighted by Gasteiger charge is -2.34. The summed E-state index contributed by atoms with van der Waals surface area (Å²) in [6.07, 6.45) is 3.13. The molecule has 3 heteroatoms. The Morgan fingerprint density at radius 2 is 1.68 bits per heavy atom. The van der Waals surface area contributed by atoms with E-state index in [1.54, 1.807) is 0 Å². The molecule has 4 aromatic carbocycles. The predicted molar refractivity (Wildman–Crippen MR) is 115 cm³/mol. The molecule has 1 aliphatic rings. The van der Waals surface area contributed by atoms with Crippen LogP contribution in [-0.2, 0) is 16.1 Å². The van der Waals surface area contributed by atoms with Gasteiger partial charge in [0.15, 0.2) is 0 Å². The molecule has 4 aromatic rings. The summed E-state index contributed by atoms with van der Waals surface area (Å²) in [5.74, 6) is -0.0695. The van der Waals surface area contributed by atoms with Crippen LogP contribution in [0.15, 0.2) is 54.6 Å². The maximum atomic E-state index is 12.5. The predicted octanol–water partition coefficient (Wildman–Crippen LogP) is 5.50. The van der Waals surface area contributed by atoms with Crippen LogP contribution < -0.4 is 0 Å². The minimum atomic E-state index is -0.118. The zero-order valence-electron chi connectivity index (χ0n) is 16.3. The summed E-state index contributed by atoms with van der Waals surface area (Å²) in [4.78, 5) is 14.8. The van der Waals surface area contributed by atoms with Crippen LogP contribution in [0.1, 0.15) is 31.7 Å². The van der Waals surface area contributed by atoms with Crippen molar-refractivity contribution in [3.05, 3.63) is 60.2 Å². The number of ether oxygens (including phenoxy) is 1. The molecule has 0 unspecified atom stereocenters. The molecule has 0 N–H and O–H groups in total. The zero-order valence-corrected chi connectivity index (χ0v) is 16.3. The quantitative estimate of drug-likeness (QED) is 0.350. The average Bonchev–Trinajstić information content (AvgIpc) is 2.73. The molecule has 3 nitrogen and oxygen atoms in total. The van der Waals surface area contributed by atoms with Crippen LogP contribution in [0.4, 0.5) is 0 Å². The number of esters is 1. The number of benzene rings is 4. The monoisotopic (exact) mass is 371 g/mol. The number of carbonyl (C=O) groups excluding carboxylic acids is 1. The van der Waals surface area contributed by atoms with E-state index >= 15 is 0 Å². The van der Waals surface area contributed by atoms with Crippen LogP contribution in [0, 0.1) is 0 Å². The Balaban J connectivity index is 1.60. The molecule has 1 aliphatic heterocycles. The fourth-order valence-electron chi connectivity index (χ4n) is 4.84. The maximum absolute atomic E-state index is 12.5. The van der Waals surface area contributed by atoms with Gasteiger partial charge >= 0.3 is 5.97 Å². The van der Waals surface area contributed by atoms with Gasteiger partial charge in [-0.25, -0.2) is 0 Å². The topological polar surface area (TPSA) is 29.5 Å². The molecule has 0 bridgehead atoms. The highest BCUT2D eigenvalue weighted by Gasteiger charge is 2.30. The summed E-state index contributed by atoms with van der Waals surface area (Å²) in [7, 11) is 0. The highest BCUT2D eigenvalue weighted by Crippen LogP contribution is 2.36. The van der Waals surface area contributed by atoms with Crippen LogP contribution in [0.3, 0.4) is 0 Å². The molecule has 0 amide bonds. The Labute approximate surface area is 165 Å². The van der Waals surface area contributed by atoms with Gasteiger partial charge in [0.2, 0.25) is 0 Å². The summed E-state index contributed by atoms with van der Waals surface area (Å²) in [5, 5.41) is 7.85. The summed E-state index contributed by atoms with van der Waals surface area (Å²) in [5.41, 5.74) is 1.29. The molecule has 0 aromatic heterocycles. The summed E-state index contributed by atoms with van der Waals surface area (Å²) in [6.45, 7) is 4.07. The lowest BCUT2D eigenvalue weighted by molar-refractivity contribution is -0.151. The third-order valence-corrected chi connectivity index (χ3v) is 6.16. The minimum absolute atomic E-state index is 0.0695. The van der Waals surface area contributed by atoms with Crippen LogP contribution in [0.25, 0.3) is 32.3 Å². The van der Waals surface area contributed by atoms with Crippen LogP contribution in [0.2, 0.25) is 0 Å². The van der Waals surface area contributed by atoms with Crippen molar-refractivity contribution in [1.29, 1.82) is 0 Å². The van der Waals surface area contributed by atoms with Crippen LogP contribution in [-0.4, -0.2) is 30.1 Å². The van der Waals surface area contributed by atoms with E-state index < -0.39 is 0 Å². The van der Waals surface area contributed by atoms with E-state index in [0.717, 1.165) is 32.4 Å². The van der Waals surface area contributed by atoms with E-state index in [0.29, 0.717) is 6.61 Å². The Morgan fingerprint density at radius 1 is 0.964 bits per heavy atom. The molecule has 0 aliphatic carbocycles. The smallest absolute Gasteiger partial charge is 0.323 e. The molecule has 1 atom stereocenters. The van der Waals surface area contributed by atoms with Gasteiger partial charge in [-0.2, -0.15) is 0 Å². The van der Waals surface area contributed by atoms with Gasteiger partial charge in [0.25, 0.3) is 0 Å². The van der Waals surface area contributed by atoms with E-state index in [2.05, 4.69) is 59.5 Å². The lowest BCUT2D eigenvalue weighted by atomic mass is 9.91. The first-order valence-corrected chi connectivity index (χ1v) is 10.3. The van der Waals surface area contributed by atoms with Crippen molar-refractivity contribution in [1.82, 2.24) is 4.90 Å². The Kier molecular flexibility index (Phi) is 4.40. The van der Waals surface area contributed by atoms with Gasteiger partial charge in [-0.1, -0.05) is 61.0 Å². The molecule has 1 heterocycles. The lowest BCUT2D eigenvalue weighted by Crippen LogP contribution is -2.44. The molecule has 142 valence electrons. The number of rotatable bonds is 4. The molecule has 0 saturated carbocycles. The summed E-state index contributed by atoms with van der Waals surface area (Å²) >= 11 is 0. The van der Waals surface area contributed by atoms with Crippen molar-refractivity contribution in [2.75, 3.05) is 13.2 Å². The molecule has 1 saturated heterocycles. The van der Waals surface area contributed by atoms with Gasteiger partial charge in [-0.3, -0.25) is 9.69 Å². The third-order valence-electron chi connectivity index (χ3n) is 6.16. The van der Waals surface area contributed by atoms with Crippen LogP contribution >= 0.6 is 0 Å². The van der Waals surface area contributed by atoms with E-state index in [-0.39, 0.29) is 12.0 Å². The third kappa shape index (κ3) is 2.82. The first kappa shape index (κ1) is 17.4. The fraction of sp³-hybridized carbons (Fsp3) is 0.320. The van der Waals surface area contributed by atoms with Crippen molar-refractivity contribution in [2.24, 2.45) is 0 Å². The van der Waals surface area contributed by atoms with E-state index in [1.165, 1.54) is 37.9 Å². The maximum Gasteiger partial charge on any atom is 0.323 e. The van der Waals surface area contributed by atoms with Gasteiger partial charge in [-0.15, -0.1) is 0 Å². The van der Waals surface area contributed by atoms with Gasteiger partial charge in [-0.05, 0) is 64.2 Å². The summed E-state index contributed by atoms with van der Waals surface area (Å²) < 4.78 is 5.35. The van der Waals surface area contributed by atoms with Gasteiger partial charge in [0, 0.05) is 6.54 Å². The van der Waals surface area contributed by atoms with E-state index in [9.17, 15) is 4.79 Å². The highest BCUT2D eigenvalue weighted by atomic mass is 16.5. The molecular weight excluding hydrogens is 346 g/mol. The van der Waals surface area contributed by atoms with Crippen molar-refractivity contribution in [2.45, 2.75) is 38.8 Å². The van der Waals surface area contributed by atoms with Gasteiger partial charge in [0.1, 0.15) is 6.04 Å². The second kappa shape index (κ2) is 7.06. The first-order chi connectivity index (χ1) is 13.8. The standard InChI is InChI=1S/C25H25NO2/c1-2-28-25(27)22-8-3-4-15-26(22)16-20-12-11-19-10-9-17-6-5-7-18-13-14-21(20)24(19)23(17)18/h5-7,9-14,22H,2-4,8,15-16H2,1H3/t22-/m0/s1. The van der Waals surface area contributed by atoms with Gasteiger partial charge < -0.3 is 4.74 Å². The number of likely N-dealkylation sites (tertiary alicyclic amines) is 1. The molecular formula is C25H25NO2. The number of hydrogen-bond acceptors (Lipinski definition) is 3. The average molecular weight is 371 g/mol. The van der Waals surface area contributed by atoms with E-state index in [4.69, 9.17) is 4.74 Å². The molecule has 0 radical (unpaired) electrons. The first-order valence-electron chi connectivity index (χ1n) is 10.3. The highest BCUT2D eigenvalue weighted by molar-refractivity contribution is 6.23. The van der Waals surface area contributed by atoms with Crippen molar-refractivity contribution < 1.29 is 9.53 Å². The van der Waals surface area contributed by atoms with Crippen molar-refractivity contribution in [3.8, 4) is 0 Å².